The number of halogens is 1. The lowest BCUT2D eigenvalue weighted by molar-refractivity contribution is -0.125. The zero-order chi connectivity index (χ0) is 8.15. The topological polar surface area (TPSA) is 40.5 Å². The fourth-order valence-electron chi connectivity index (χ4n) is 0.459. The molecule has 10 heavy (non-hydrogen) atoms. The molecule has 0 unspecified atom stereocenters. The Hall–Kier alpha value is -0.540. The lowest BCUT2D eigenvalue weighted by Gasteiger charge is -2.13. The minimum atomic E-state index is -0.351. The van der Waals surface area contributed by atoms with Gasteiger partial charge in [0, 0.05) is 13.6 Å². The highest BCUT2D eigenvalue weighted by Crippen LogP contribution is 2.00. The van der Waals surface area contributed by atoms with E-state index in [9.17, 15) is 4.79 Å². The number of hydrogen-bond donors (Lipinski definition) is 1. The molecule has 58 valence electrons. The Labute approximate surface area is 64.9 Å². The second-order valence-corrected chi connectivity index (χ2v) is 2.31. The van der Waals surface area contributed by atoms with Crippen LogP contribution in [0.15, 0.2) is 11.6 Å². The van der Waals surface area contributed by atoms with Gasteiger partial charge in [-0.2, -0.15) is 0 Å². The minimum absolute atomic E-state index is 0.0315. The van der Waals surface area contributed by atoms with Crippen molar-refractivity contribution in [3.63, 3.8) is 0 Å². The van der Waals surface area contributed by atoms with Gasteiger partial charge in [0.25, 0.3) is 5.91 Å². The minimum Gasteiger partial charge on any atom is -0.395 e. The van der Waals surface area contributed by atoms with Gasteiger partial charge in [-0.05, 0) is 0 Å². The van der Waals surface area contributed by atoms with Crippen molar-refractivity contribution < 1.29 is 9.90 Å². The fourth-order valence-corrected chi connectivity index (χ4v) is 0.603. The Kier molecular flexibility index (Phi) is 4.07. The van der Waals surface area contributed by atoms with E-state index in [0.29, 0.717) is 0 Å². The zero-order valence-electron chi connectivity index (χ0n) is 5.80. The van der Waals surface area contributed by atoms with Crippen molar-refractivity contribution in [2.45, 2.75) is 0 Å². The molecule has 0 aromatic heterocycles. The maximum absolute atomic E-state index is 10.8. The van der Waals surface area contributed by atoms with E-state index < -0.39 is 0 Å². The van der Waals surface area contributed by atoms with E-state index in [0.717, 1.165) is 0 Å². The molecule has 1 amide bonds. The van der Waals surface area contributed by atoms with Crippen LogP contribution in [-0.2, 0) is 4.79 Å². The Morgan fingerprint density at radius 2 is 2.30 bits per heavy atom. The van der Waals surface area contributed by atoms with E-state index >= 15 is 0 Å². The third kappa shape index (κ3) is 2.85. The molecule has 0 aromatic rings. The highest BCUT2D eigenvalue weighted by atomic mass is 35.5. The highest BCUT2D eigenvalue weighted by molar-refractivity contribution is 6.41. The average molecular weight is 164 g/mol. The van der Waals surface area contributed by atoms with E-state index in [-0.39, 0.29) is 24.1 Å². The molecule has 0 aliphatic rings. The van der Waals surface area contributed by atoms with Crippen LogP contribution in [0.4, 0.5) is 0 Å². The first-order chi connectivity index (χ1) is 4.59. The van der Waals surface area contributed by atoms with Gasteiger partial charge in [-0.3, -0.25) is 4.79 Å². The number of carbonyl (C=O) groups excluding carboxylic acids is 1. The average Bonchev–Trinajstić information content (AvgIpc) is 1.87. The first kappa shape index (κ1) is 9.46. The summed E-state index contributed by atoms with van der Waals surface area (Å²) >= 11 is 5.29. The van der Waals surface area contributed by atoms with E-state index in [4.69, 9.17) is 16.7 Å². The van der Waals surface area contributed by atoms with Gasteiger partial charge < -0.3 is 10.0 Å². The lowest BCUT2D eigenvalue weighted by atomic mass is 10.5. The molecule has 0 spiro atoms. The molecule has 4 heteroatoms. The quantitative estimate of drug-likeness (QED) is 0.604. The third-order valence-electron chi connectivity index (χ3n) is 1.01. The summed E-state index contributed by atoms with van der Waals surface area (Å²) in [5.74, 6) is -0.351. The van der Waals surface area contributed by atoms with Crippen LogP contribution in [0.5, 0.6) is 0 Å². The van der Waals surface area contributed by atoms with Crippen LogP contribution < -0.4 is 0 Å². The zero-order valence-corrected chi connectivity index (χ0v) is 6.56. The first-order valence-corrected chi connectivity index (χ1v) is 3.18. The van der Waals surface area contributed by atoms with Crippen molar-refractivity contribution in [3.8, 4) is 0 Å². The third-order valence-corrected chi connectivity index (χ3v) is 1.18. The molecule has 0 fully saturated rings. The van der Waals surface area contributed by atoms with Gasteiger partial charge >= 0.3 is 0 Å². The lowest BCUT2D eigenvalue weighted by Crippen LogP contribution is -2.29. The normalized spacial score (nSPS) is 9.10. The maximum atomic E-state index is 10.8. The molecule has 0 heterocycles. The summed E-state index contributed by atoms with van der Waals surface area (Å²) in [6, 6.07) is 0. The Bertz CT molecular complexity index is 147. The SMILES string of the molecule is C=C(Cl)C(=O)N(C)CCO. The van der Waals surface area contributed by atoms with Crippen molar-refractivity contribution in [2.24, 2.45) is 0 Å². The predicted octanol–water partition coefficient (Wildman–Crippen LogP) is 0.190. The molecule has 0 aliphatic carbocycles. The summed E-state index contributed by atoms with van der Waals surface area (Å²) in [7, 11) is 1.55. The van der Waals surface area contributed by atoms with Crippen LogP contribution in [0.1, 0.15) is 0 Å². The number of hydrogen-bond acceptors (Lipinski definition) is 2. The molecular formula is C6H10ClNO2. The van der Waals surface area contributed by atoms with E-state index in [1.54, 1.807) is 7.05 Å². The van der Waals surface area contributed by atoms with Crippen LogP contribution >= 0.6 is 11.6 Å². The second-order valence-electron chi connectivity index (χ2n) is 1.86. The largest absolute Gasteiger partial charge is 0.395 e. The summed E-state index contributed by atoms with van der Waals surface area (Å²) in [6.45, 7) is 3.47. The molecule has 0 saturated heterocycles. The van der Waals surface area contributed by atoms with Crippen LogP contribution in [0.2, 0.25) is 0 Å². The molecule has 0 bridgehead atoms. The molecule has 0 saturated carbocycles. The number of likely N-dealkylation sites (N-methyl/N-ethyl adjacent to an activating group) is 1. The summed E-state index contributed by atoms with van der Waals surface area (Å²) in [6.07, 6.45) is 0. The highest BCUT2D eigenvalue weighted by Gasteiger charge is 2.08. The second kappa shape index (κ2) is 4.30. The first-order valence-electron chi connectivity index (χ1n) is 2.80. The fraction of sp³-hybridized carbons (Fsp3) is 0.500. The molecule has 0 aliphatic heterocycles. The monoisotopic (exact) mass is 163 g/mol. The van der Waals surface area contributed by atoms with E-state index in [1.165, 1.54) is 4.90 Å². The number of aliphatic hydroxyl groups is 1. The van der Waals surface area contributed by atoms with Crippen molar-refractivity contribution in [1.29, 1.82) is 0 Å². The Morgan fingerprint density at radius 1 is 1.80 bits per heavy atom. The van der Waals surface area contributed by atoms with Crippen molar-refractivity contribution in [2.75, 3.05) is 20.2 Å². The number of rotatable bonds is 3. The molecule has 0 rings (SSSR count). The molecule has 0 radical (unpaired) electrons. The molecule has 3 nitrogen and oxygen atoms in total. The molecular weight excluding hydrogens is 154 g/mol. The van der Waals surface area contributed by atoms with Crippen LogP contribution in [0.3, 0.4) is 0 Å². The number of carbonyl (C=O) groups is 1. The molecule has 0 atom stereocenters. The summed E-state index contributed by atoms with van der Waals surface area (Å²) in [5, 5.41) is 8.37. The summed E-state index contributed by atoms with van der Waals surface area (Å²) in [5.41, 5.74) is 0. The number of amides is 1. The maximum Gasteiger partial charge on any atom is 0.264 e. The van der Waals surface area contributed by atoms with Gasteiger partial charge in [-0.25, -0.2) is 0 Å². The standard InChI is InChI=1S/C6H10ClNO2/c1-5(7)6(10)8(2)3-4-9/h9H,1,3-4H2,2H3. The van der Waals surface area contributed by atoms with Crippen molar-refractivity contribution >= 4 is 17.5 Å². The van der Waals surface area contributed by atoms with Gasteiger partial charge in [0.2, 0.25) is 0 Å². The van der Waals surface area contributed by atoms with Crippen LogP contribution in [0.25, 0.3) is 0 Å². The van der Waals surface area contributed by atoms with Gasteiger partial charge in [-0.15, -0.1) is 0 Å². The van der Waals surface area contributed by atoms with Gasteiger partial charge in [0.05, 0.1) is 11.6 Å². The van der Waals surface area contributed by atoms with E-state index in [2.05, 4.69) is 6.58 Å². The summed E-state index contributed by atoms with van der Waals surface area (Å²) < 4.78 is 0. The van der Waals surface area contributed by atoms with E-state index in [1.807, 2.05) is 0 Å². The number of nitrogens with zero attached hydrogens (tertiary/aromatic N) is 1. The Morgan fingerprint density at radius 3 is 2.60 bits per heavy atom. The van der Waals surface area contributed by atoms with Gasteiger partial charge in [0.15, 0.2) is 0 Å². The number of aliphatic hydroxyl groups excluding tert-OH is 1. The van der Waals surface area contributed by atoms with Crippen molar-refractivity contribution in [3.05, 3.63) is 11.6 Å². The summed E-state index contributed by atoms with van der Waals surface area (Å²) in [4.78, 5) is 12.1. The van der Waals surface area contributed by atoms with Gasteiger partial charge in [-0.1, -0.05) is 18.2 Å². The van der Waals surface area contributed by atoms with Crippen LogP contribution in [0, 0.1) is 0 Å². The smallest absolute Gasteiger partial charge is 0.264 e. The van der Waals surface area contributed by atoms with Crippen molar-refractivity contribution in [1.82, 2.24) is 4.90 Å². The predicted molar refractivity (Wildman–Crippen MR) is 39.7 cm³/mol. The Balaban J connectivity index is 3.82. The molecule has 0 aromatic carbocycles. The van der Waals surface area contributed by atoms with Gasteiger partial charge in [0.1, 0.15) is 0 Å². The molecule has 1 N–H and O–H groups in total. The van der Waals surface area contributed by atoms with Crippen LogP contribution in [-0.4, -0.2) is 36.1 Å².